The van der Waals surface area contributed by atoms with Gasteiger partial charge in [-0.15, -0.1) is 0 Å². The van der Waals surface area contributed by atoms with E-state index in [-0.39, 0.29) is 12.5 Å². The van der Waals surface area contributed by atoms with Crippen LogP contribution < -0.4 is 5.32 Å². The zero-order chi connectivity index (χ0) is 22.1. The maximum atomic E-state index is 12.8. The van der Waals surface area contributed by atoms with E-state index in [1.807, 2.05) is 11.9 Å². The number of carbonyl (C=O) groups excluding carboxylic acids is 1. The maximum absolute atomic E-state index is 12.8. The first-order chi connectivity index (χ1) is 15.1. The zero-order valence-electron chi connectivity index (χ0n) is 18.5. The summed E-state index contributed by atoms with van der Waals surface area (Å²) in [5.41, 5.74) is 3.48. The first kappa shape index (κ1) is 23.8. The predicted octanol–water partition coefficient (Wildman–Crippen LogP) is 5.04. The average Bonchev–Trinajstić information content (AvgIpc) is 2.81. The van der Waals surface area contributed by atoms with Gasteiger partial charge in [-0.05, 0) is 99.3 Å². The third-order valence-electron chi connectivity index (χ3n) is 6.46. The Hall–Kier alpha value is -1.88. The van der Waals surface area contributed by atoms with Gasteiger partial charge in [0, 0.05) is 30.3 Å². The molecule has 0 heterocycles. The van der Waals surface area contributed by atoms with Crippen molar-refractivity contribution in [2.75, 3.05) is 26.7 Å². The van der Waals surface area contributed by atoms with Gasteiger partial charge in [0.15, 0.2) is 0 Å². The predicted molar refractivity (Wildman–Crippen MR) is 128 cm³/mol. The molecule has 1 aliphatic rings. The van der Waals surface area contributed by atoms with E-state index >= 15 is 0 Å². The Morgan fingerprint density at radius 3 is 2.32 bits per heavy atom. The van der Waals surface area contributed by atoms with Gasteiger partial charge in [0.05, 0.1) is 0 Å². The molecule has 4 nitrogen and oxygen atoms in total. The second kappa shape index (κ2) is 12.2. The number of hydrogen-bond acceptors (Lipinski definition) is 3. The lowest BCUT2D eigenvalue weighted by atomic mass is 9.81. The molecule has 0 aliphatic heterocycles. The Labute approximate surface area is 191 Å². The lowest BCUT2D eigenvalue weighted by molar-refractivity contribution is 0.0689. The van der Waals surface area contributed by atoms with Crippen LogP contribution in [-0.4, -0.2) is 48.7 Å². The molecular formula is C26H35ClN2O2. The quantitative estimate of drug-likeness (QED) is 0.506. The zero-order valence-corrected chi connectivity index (χ0v) is 19.3. The average molecular weight is 443 g/mol. The number of unbranched alkanes of at least 4 members (excludes halogenated alkanes) is 1. The van der Waals surface area contributed by atoms with Crippen LogP contribution in [0.2, 0.25) is 5.02 Å². The van der Waals surface area contributed by atoms with Crippen LogP contribution in [0.3, 0.4) is 0 Å². The Morgan fingerprint density at radius 2 is 1.68 bits per heavy atom. The van der Waals surface area contributed by atoms with E-state index in [1.165, 1.54) is 11.1 Å². The molecule has 0 spiro atoms. The van der Waals surface area contributed by atoms with Crippen molar-refractivity contribution in [3.63, 3.8) is 0 Å². The van der Waals surface area contributed by atoms with Crippen molar-refractivity contribution in [2.45, 2.75) is 56.9 Å². The highest BCUT2D eigenvalue weighted by Gasteiger charge is 2.27. The Bertz CT molecular complexity index is 799. The summed E-state index contributed by atoms with van der Waals surface area (Å²) in [6.07, 6.45) is 7.25. The van der Waals surface area contributed by atoms with E-state index in [4.69, 9.17) is 16.7 Å². The van der Waals surface area contributed by atoms with Crippen molar-refractivity contribution in [2.24, 2.45) is 0 Å². The van der Waals surface area contributed by atoms with Gasteiger partial charge in [-0.25, -0.2) is 0 Å². The van der Waals surface area contributed by atoms with E-state index in [0.717, 1.165) is 58.0 Å². The van der Waals surface area contributed by atoms with Crippen molar-refractivity contribution >= 4 is 17.5 Å². The van der Waals surface area contributed by atoms with Crippen molar-refractivity contribution in [1.82, 2.24) is 10.2 Å². The van der Waals surface area contributed by atoms with Crippen LogP contribution in [0.5, 0.6) is 0 Å². The SMILES string of the molecule is CN(C(=O)c1ccc(Cl)cc1)C1CCC(c2ccc(CCNCCCCO)cc2)CC1. The monoisotopic (exact) mass is 442 g/mol. The topological polar surface area (TPSA) is 52.6 Å². The molecule has 0 aromatic heterocycles. The van der Waals surface area contributed by atoms with Crippen LogP contribution in [0.15, 0.2) is 48.5 Å². The van der Waals surface area contributed by atoms with Gasteiger partial charge in [-0.2, -0.15) is 0 Å². The summed E-state index contributed by atoms with van der Waals surface area (Å²) in [6, 6.07) is 16.5. The molecule has 0 saturated heterocycles. The van der Waals surface area contributed by atoms with Crippen molar-refractivity contribution < 1.29 is 9.90 Å². The van der Waals surface area contributed by atoms with Crippen LogP contribution >= 0.6 is 11.6 Å². The summed E-state index contributed by atoms with van der Waals surface area (Å²) >= 11 is 5.94. The van der Waals surface area contributed by atoms with Crippen LogP contribution in [-0.2, 0) is 6.42 Å². The molecule has 0 unspecified atom stereocenters. The molecule has 1 saturated carbocycles. The number of hydrogen-bond donors (Lipinski definition) is 2. The fourth-order valence-corrected chi connectivity index (χ4v) is 4.56. The third kappa shape index (κ3) is 7.06. The van der Waals surface area contributed by atoms with Gasteiger partial charge in [0.2, 0.25) is 0 Å². The minimum absolute atomic E-state index is 0.0782. The number of halogens is 1. The number of carbonyl (C=O) groups is 1. The first-order valence-electron chi connectivity index (χ1n) is 11.5. The second-order valence-electron chi connectivity index (χ2n) is 8.60. The molecule has 2 N–H and O–H groups in total. The second-order valence-corrected chi connectivity index (χ2v) is 9.04. The number of benzene rings is 2. The molecule has 0 atom stereocenters. The largest absolute Gasteiger partial charge is 0.396 e. The highest BCUT2D eigenvalue weighted by atomic mass is 35.5. The first-order valence-corrected chi connectivity index (χ1v) is 11.9. The molecule has 1 aliphatic carbocycles. The minimum atomic E-state index is 0.0782. The lowest BCUT2D eigenvalue weighted by Crippen LogP contribution is -2.39. The van der Waals surface area contributed by atoms with Gasteiger partial charge in [0.1, 0.15) is 0 Å². The van der Waals surface area contributed by atoms with Crippen LogP contribution in [0.25, 0.3) is 0 Å². The lowest BCUT2D eigenvalue weighted by Gasteiger charge is -2.35. The molecule has 2 aromatic rings. The molecule has 31 heavy (non-hydrogen) atoms. The molecule has 1 amide bonds. The molecule has 3 rings (SSSR count). The number of nitrogens with zero attached hydrogens (tertiary/aromatic N) is 1. The van der Waals surface area contributed by atoms with Crippen LogP contribution in [0, 0.1) is 0 Å². The fraction of sp³-hybridized carbons (Fsp3) is 0.500. The fourth-order valence-electron chi connectivity index (χ4n) is 4.43. The molecular weight excluding hydrogens is 408 g/mol. The summed E-state index contributed by atoms with van der Waals surface area (Å²) in [4.78, 5) is 14.7. The Morgan fingerprint density at radius 1 is 1.00 bits per heavy atom. The normalized spacial score (nSPS) is 18.7. The smallest absolute Gasteiger partial charge is 0.253 e. The minimum Gasteiger partial charge on any atom is -0.396 e. The molecule has 0 radical (unpaired) electrons. The Balaban J connectivity index is 1.43. The highest BCUT2D eigenvalue weighted by Crippen LogP contribution is 2.35. The van der Waals surface area contributed by atoms with Gasteiger partial charge in [0.25, 0.3) is 5.91 Å². The summed E-state index contributed by atoms with van der Waals surface area (Å²) < 4.78 is 0. The van der Waals surface area contributed by atoms with Gasteiger partial charge in [-0.3, -0.25) is 4.79 Å². The molecule has 168 valence electrons. The van der Waals surface area contributed by atoms with Gasteiger partial charge < -0.3 is 15.3 Å². The third-order valence-corrected chi connectivity index (χ3v) is 6.71. The summed E-state index contributed by atoms with van der Waals surface area (Å²) in [5.74, 6) is 0.662. The van der Waals surface area contributed by atoms with Crippen LogP contribution in [0.4, 0.5) is 0 Å². The van der Waals surface area contributed by atoms with E-state index in [0.29, 0.717) is 22.5 Å². The van der Waals surface area contributed by atoms with Gasteiger partial charge in [-0.1, -0.05) is 35.9 Å². The van der Waals surface area contributed by atoms with E-state index in [1.54, 1.807) is 24.3 Å². The molecule has 2 aromatic carbocycles. The number of rotatable bonds is 10. The molecule has 1 fully saturated rings. The number of aliphatic hydroxyl groups excluding tert-OH is 1. The Kier molecular flexibility index (Phi) is 9.38. The summed E-state index contributed by atoms with van der Waals surface area (Å²) in [6.45, 7) is 2.22. The van der Waals surface area contributed by atoms with Crippen LogP contribution in [0.1, 0.15) is 65.9 Å². The van der Waals surface area contributed by atoms with Gasteiger partial charge >= 0.3 is 0 Å². The van der Waals surface area contributed by atoms with Crippen molar-refractivity contribution in [1.29, 1.82) is 0 Å². The van der Waals surface area contributed by atoms with Crippen molar-refractivity contribution in [3.8, 4) is 0 Å². The van der Waals surface area contributed by atoms with E-state index < -0.39 is 0 Å². The number of aliphatic hydroxyl groups is 1. The van der Waals surface area contributed by atoms with Crippen molar-refractivity contribution in [3.05, 3.63) is 70.2 Å². The summed E-state index contributed by atoms with van der Waals surface area (Å²) in [5, 5.41) is 12.9. The van der Waals surface area contributed by atoms with E-state index in [2.05, 4.69) is 29.6 Å². The van der Waals surface area contributed by atoms with E-state index in [9.17, 15) is 4.79 Å². The number of amides is 1. The number of nitrogens with one attached hydrogen (secondary N) is 1. The highest BCUT2D eigenvalue weighted by molar-refractivity contribution is 6.30. The standard InChI is InChI=1S/C26H35ClN2O2/c1-29(26(31)23-8-12-24(27)13-9-23)25-14-10-22(11-15-25)21-6-4-20(5-7-21)16-18-28-17-2-3-19-30/h4-9,12-13,22,25,28,30H,2-3,10-11,14-19H2,1H3. The molecule has 5 heteroatoms. The maximum Gasteiger partial charge on any atom is 0.253 e. The summed E-state index contributed by atoms with van der Waals surface area (Å²) in [7, 11) is 1.93. The molecule has 0 bridgehead atoms.